The van der Waals surface area contributed by atoms with Crippen molar-refractivity contribution in [3.63, 3.8) is 0 Å². The number of aromatic nitrogens is 2. The minimum Gasteiger partial charge on any atom is -0.496 e. The lowest BCUT2D eigenvalue weighted by atomic mass is 10.1. The van der Waals surface area contributed by atoms with Crippen LogP contribution in [0.3, 0.4) is 0 Å². The molecule has 0 bridgehead atoms. The van der Waals surface area contributed by atoms with E-state index in [0.717, 1.165) is 0 Å². The molecule has 0 saturated heterocycles. The number of thioether (sulfide) groups is 1. The van der Waals surface area contributed by atoms with Crippen molar-refractivity contribution in [1.82, 2.24) is 15.3 Å². The van der Waals surface area contributed by atoms with Crippen molar-refractivity contribution >= 4 is 17.7 Å². The molecule has 1 heterocycles. The number of amides is 1. The van der Waals surface area contributed by atoms with Gasteiger partial charge in [-0.05, 0) is 12.1 Å². The maximum absolute atomic E-state index is 12.5. The molecule has 9 heteroatoms. The molecule has 0 aliphatic carbocycles. The molecule has 8 nitrogen and oxygen atoms in total. The number of benzene rings is 1. The lowest BCUT2D eigenvalue weighted by Crippen LogP contribution is -2.26. The Morgan fingerprint density at radius 1 is 1.00 bits per heavy atom. The highest BCUT2D eigenvalue weighted by molar-refractivity contribution is 7.98. The summed E-state index contributed by atoms with van der Waals surface area (Å²) >= 11 is 1.59. The third-order valence-electron chi connectivity index (χ3n) is 3.56. The molecule has 2 rings (SSSR count). The fourth-order valence-corrected chi connectivity index (χ4v) is 2.99. The highest BCUT2D eigenvalue weighted by Gasteiger charge is 2.17. The van der Waals surface area contributed by atoms with E-state index in [1.165, 1.54) is 14.2 Å². The number of hydrogen-bond acceptors (Lipinski definition) is 8. The van der Waals surface area contributed by atoms with E-state index in [1.54, 1.807) is 50.2 Å². The first kappa shape index (κ1) is 20.6. The number of carbonyl (C=O) groups excluding carboxylic acids is 1. The van der Waals surface area contributed by atoms with Crippen molar-refractivity contribution in [1.29, 1.82) is 0 Å². The SMILES string of the molecule is COc1cc(OC)nc(CSCCNC(=O)c2c(OC)cccc2OC)n1. The molecule has 1 N–H and O–H groups in total. The zero-order chi connectivity index (χ0) is 19.6. The maximum Gasteiger partial charge on any atom is 0.258 e. The Bertz CT molecular complexity index is 728. The summed E-state index contributed by atoms with van der Waals surface area (Å²) in [4.78, 5) is 21.0. The monoisotopic (exact) mass is 393 g/mol. The Labute approximate surface area is 162 Å². The summed E-state index contributed by atoms with van der Waals surface area (Å²) in [6, 6.07) is 6.83. The van der Waals surface area contributed by atoms with Crippen LogP contribution in [0.2, 0.25) is 0 Å². The van der Waals surface area contributed by atoms with Gasteiger partial charge in [-0.3, -0.25) is 4.79 Å². The van der Waals surface area contributed by atoms with Crippen LogP contribution in [0, 0.1) is 0 Å². The number of nitrogens with zero attached hydrogens (tertiary/aromatic N) is 2. The van der Waals surface area contributed by atoms with Gasteiger partial charge < -0.3 is 24.3 Å². The van der Waals surface area contributed by atoms with Gasteiger partial charge in [-0.25, -0.2) is 0 Å². The number of ether oxygens (including phenoxy) is 4. The average Bonchev–Trinajstić information content (AvgIpc) is 2.72. The Morgan fingerprint density at radius 3 is 2.11 bits per heavy atom. The van der Waals surface area contributed by atoms with Crippen LogP contribution in [-0.2, 0) is 5.75 Å². The largest absolute Gasteiger partial charge is 0.496 e. The van der Waals surface area contributed by atoms with Crippen molar-refractivity contribution in [3.05, 3.63) is 35.7 Å². The van der Waals surface area contributed by atoms with Gasteiger partial charge in [0, 0.05) is 12.3 Å². The predicted octanol–water partition coefficient (Wildman–Crippen LogP) is 2.17. The summed E-state index contributed by atoms with van der Waals surface area (Å²) in [5.74, 6) is 3.46. The predicted molar refractivity (Wildman–Crippen MR) is 103 cm³/mol. The Kier molecular flexibility index (Phi) is 8.00. The van der Waals surface area contributed by atoms with Crippen LogP contribution in [0.25, 0.3) is 0 Å². The van der Waals surface area contributed by atoms with E-state index < -0.39 is 0 Å². The Balaban J connectivity index is 1.86. The summed E-state index contributed by atoms with van der Waals surface area (Å²) in [6.45, 7) is 0.478. The number of nitrogens with one attached hydrogen (secondary N) is 1. The van der Waals surface area contributed by atoms with Gasteiger partial charge in [0.05, 0.1) is 40.3 Å². The zero-order valence-corrected chi connectivity index (χ0v) is 16.6. The van der Waals surface area contributed by atoms with E-state index in [1.807, 2.05) is 0 Å². The van der Waals surface area contributed by atoms with Crippen LogP contribution in [0.4, 0.5) is 0 Å². The molecule has 0 saturated carbocycles. The van der Waals surface area contributed by atoms with Gasteiger partial charge in [-0.1, -0.05) is 6.07 Å². The summed E-state index contributed by atoms with van der Waals surface area (Å²) in [5.41, 5.74) is 0.383. The van der Waals surface area contributed by atoms with Crippen molar-refractivity contribution < 1.29 is 23.7 Å². The number of carbonyl (C=O) groups is 1. The summed E-state index contributed by atoms with van der Waals surface area (Å²) < 4.78 is 20.8. The lowest BCUT2D eigenvalue weighted by Gasteiger charge is -2.13. The van der Waals surface area contributed by atoms with E-state index in [4.69, 9.17) is 18.9 Å². The molecule has 0 fully saturated rings. The van der Waals surface area contributed by atoms with E-state index in [2.05, 4.69) is 15.3 Å². The molecule has 2 aromatic rings. The van der Waals surface area contributed by atoms with Gasteiger partial charge in [0.25, 0.3) is 5.91 Å². The van der Waals surface area contributed by atoms with Crippen molar-refractivity contribution in [2.75, 3.05) is 40.7 Å². The molecular formula is C18H23N3O5S. The molecule has 27 heavy (non-hydrogen) atoms. The number of hydrogen-bond donors (Lipinski definition) is 1. The second-order valence-corrected chi connectivity index (χ2v) is 6.32. The molecular weight excluding hydrogens is 370 g/mol. The molecule has 146 valence electrons. The topological polar surface area (TPSA) is 91.8 Å². The molecule has 0 spiro atoms. The lowest BCUT2D eigenvalue weighted by molar-refractivity contribution is 0.0950. The van der Waals surface area contributed by atoms with Gasteiger partial charge in [0.1, 0.15) is 22.9 Å². The number of methoxy groups -OCH3 is 4. The minimum absolute atomic E-state index is 0.246. The minimum atomic E-state index is -0.246. The highest BCUT2D eigenvalue weighted by atomic mass is 32.2. The van der Waals surface area contributed by atoms with Gasteiger partial charge in [-0.2, -0.15) is 21.7 Å². The average molecular weight is 393 g/mol. The first-order valence-electron chi connectivity index (χ1n) is 8.15. The van der Waals surface area contributed by atoms with Crippen LogP contribution >= 0.6 is 11.8 Å². The van der Waals surface area contributed by atoms with E-state index in [9.17, 15) is 4.79 Å². The van der Waals surface area contributed by atoms with Crippen molar-refractivity contribution in [3.8, 4) is 23.3 Å². The molecule has 0 radical (unpaired) electrons. The molecule has 1 amide bonds. The quantitative estimate of drug-likeness (QED) is 0.614. The highest BCUT2D eigenvalue weighted by Crippen LogP contribution is 2.28. The summed E-state index contributed by atoms with van der Waals surface area (Å²) in [5, 5.41) is 2.87. The van der Waals surface area contributed by atoms with Gasteiger partial charge >= 0.3 is 0 Å². The molecule has 0 atom stereocenters. The smallest absolute Gasteiger partial charge is 0.258 e. The Morgan fingerprint density at radius 2 is 1.59 bits per heavy atom. The van der Waals surface area contributed by atoms with Crippen LogP contribution in [0.5, 0.6) is 23.3 Å². The molecule has 0 aliphatic heterocycles. The van der Waals surface area contributed by atoms with E-state index >= 15 is 0 Å². The van der Waals surface area contributed by atoms with Crippen molar-refractivity contribution in [2.24, 2.45) is 0 Å². The van der Waals surface area contributed by atoms with Crippen LogP contribution in [0.1, 0.15) is 16.2 Å². The van der Waals surface area contributed by atoms with Crippen molar-refractivity contribution in [2.45, 2.75) is 5.75 Å². The maximum atomic E-state index is 12.5. The van der Waals surface area contributed by atoms with E-state index in [-0.39, 0.29) is 5.91 Å². The van der Waals surface area contributed by atoms with Gasteiger partial charge in [0.15, 0.2) is 0 Å². The van der Waals surface area contributed by atoms with E-state index in [0.29, 0.717) is 52.7 Å². The number of rotatable bonds is 10. The van der Waals surface area contributed by atoms with Crippen LogP contribution in [-0.4, -0.2) is 56.6 Å². The third-order valence-corrected chi connectivity index (χ3v) is 4.52. The molecule has 1 aromatic heterocycles. The molecule has 1 aromatic carbocycles. The summed E-state index contributed by atoms with van der Waals surface area (Å²) in [6.07, 6.45) is 0. The second kappa shape index (κ2) is 10.5. The molecule has 0 unspecified atom stereocenters. The molecule has 0 aliphatic rings. The third kappa shape index (κ3) is 5.65. The van der Waals surface area contributed by atoms with Gasteiger partial charge in [-0.15, -0.1) is 0 Å². The Hall–Kier alpha value is -2.68. The zero-order valence-electron chi connectivity index (χ0n) is 15.8. The van der Waals surface area contributed by atoms with Crippen LogP contribution < -0.4 is 24.3 Å². The fraction of sp³-hybridized carbons (Fsp3) is 0.389. The second-order valence-electron chi connectivity index (χ2n) is 5.21. The summed E-state index contributed by atoms with van der Waals surface area (Å²) in [7, 11) is 6.12. The van der Waals surface area contributed by atoms with Crippen LogP contribution in [0.15, 0.2) is 24.3 Å². The van der Waals surface area contributed by atoms with Gasteiger partial charge in [0.2, 0.25) is 11.8 Å². The standard InChI is InChI=1S/C18H23N3O5S/c1-23-12-6-5-7-13(24-2)17(12)18(22)19-8-9-27-11-14-20-15(25-3)10-16(21-14)26-4/h5-7,10H,8-9,11H2,1-4H3,(H,19,22). The first-order valence-corrected chi connectivity index (χ1v) is 9.31. The first-order chi connectivity index (χ1) is 13.1. The normalized spacial score (nSPS) is 10.2. The fourth-order valence-electron chi connectivity index (χ4n) is 2.29.